The van der Waals surface area contributed by atoms with E-state index in [9.17, 15) is 9.59 Å². The SMILES string of the molecule is COc1ccc(CCNC(=O)[C@@H](C)n2c3ccccc3c3nc(=O)cc(C)n32)cc1OC. The van der Waals surface area contributed by atoms with Gasteiger partial charge < -0.3 is 14.8 Å². The van der Waals surface area contributed by atoms with Crippen molar-refractivity contribution in [2.45, 2.75) is 26.3 Å². The van der Waals surface area contributed by atoms with E-state index in [0.29, 0.717) is 30.1 Å². The van der Waals surface area contributed by atoms with E-state index in [1.807, 2.05) is 65.5 Å². The quantitative estimate of drug-likeness (QED) is 0.483. The molecule has 0 aliphatic heterocycles. The molecule has 0 saturated carbocycles. The molecule has 8 nitrogen and oxygen atoms in total. The Morgan fingerprint density at radius 3 is 2.59 bits per heavy atom. The highest BCUT2D eigenvalue weighted by atomic mass is 16.5. The van der Waals surface area contributed by atoms with Gasteiger partial charge in [-0.25, -0.2) is 4.52 Å². The van der Waals surface area contributed by atoms with E-state index in [1.54, 1.807) is 14.2 Å². The first-order valence-corrected chi connectivity index (χ1v) is 10.4. The molecule has 2 heterocycles. The number of methoxy groups -OCH3 is 2. The molecule has 1 N–H and O–H groups in total. The molecule has 0 radical (unpaired) electrons. The summed E-state index contributed by atoms with van der Waals surface area (Å²) in [6.45, 7) is 4.16. The zero-order valence-corrected chi connectivity index (χ0v) is 18.6. The van der Waals surface area contributed by atoms with Crippen LogP contribution in [0.25, 0.3) is 16.6 Å². The highest BCUT2D eigenvalue weighted by Gasteiger charge is 2.22. The Kier molecular flexibility index (Phi) is 5.85. The maximum atomic E-state index is 13.0. The van der Waals surface area contributed by atoms with E-state index >= 15 is 0 Å². The van der Waals surface area contributed by atoms with E-state index in [2.05, 4.69) is 10.3 Å². The van der Waals surface area contributed by atoms with Gasteiger partial charge in [0.25, 0.3) is 5.56 Å². The number of para-hydroxylation sites is 1. The predicted octanol–water partition coefficient (Wildman–Crippen LogP) is 2.89. The molecule has 4 rings (SSSR count). The molecule has 0 spiro atoms. The Morgan fingerprint density at radius 1 is 1.09 bits per heavy atom. The fourth-order valence-electron chi connectivity index (χ4n) is 4.01. The summed E-state index contributed by atoms with van der Waals surface area (Å²) in [6, 6.07) is 14.3. The molecule has 0 saturated heterocycles. The lowest BCUT2D eigenvalue weighted by atomic mass is 10.1. The Labute approximate surface area is 185 Å². The maximum Gasteiger partial charge on any atom is 0.273 e. The van der Waals surface area contributed by atoms with Crippen LogP contribution in [0.5, 0.6) is 11.5 Å². The zero-order valence-electron chi connectivity index (χ0n) is 18.6. The van der Waals surface area contributed by atoms with Crippen LogP contribution in [0.15, 0.2) is 53.3 Å². The van der Waals surface area contributed by atoms with Crippen molar-refractivity contribution in [1.29, 1.82) is 0 Å². The second-order valence-electron chi connectivity index (χ2n) is 7.64. The highest BCUT2D eigenvalue weighted by molar-refractivity contribution is 5.94. The minimum atomic E-state index is -0.509. The van der Waals surface area contributed by atoms with Crippen LogP contribution in [0.3, 0.4) is 0 Å². The molecule has 32 heavy (non-hydrogen) atoms. The number of amides is 1. The van der Waals surface area contributed by atoms with E-state index in [-0.39, 0.29) is 11.5 Å². The topological polar surface area (TPSA) is 86.9 Å². The number of ether oxygens (including phenoxy) is 2. The third kappa shape index (κ3) is 3.79. The van der Waals surface area contributed by atoms with Crippen LogP contribution in [0.4, 0.5) is 0 Å². The molecule has 0 fully saturated rings. The van der Waals surface area contributed by atoms with Crippen LogP contribution in [0.1, 0.15) is 24.2 Å². The fraction of sp³-hybridized carbons (Fsp3) is 0.292. The number of fused-ring (bicyclic) bond motifs is 3. The molecule has 0 aliphatic rings. The van der Waals surface area contributed by atoms with Crippen LogP contribution in [-0.2, 0) is 11.2 Å². The number of benzene rings is 2. The molecule has 4 aromatic rings. The largest absolute Gasteiger partial charge is 0.493 e. The average Bonchev–Trinajstić information content (AvgIpc) is 3.13. The second-order valence-corrected chi connectivity index (χ2v) is 7.64. The summed E-state index contributed by atoms with van der Waals surface area (Å²) >= 11 is 0. The fourth-order valence-corrected chi connectivity index (χ4v) is 4.01. The smallest absolute Gasteiger partial charge is 0.273 e. The molecule has 0 bridgehead atoms. The van der Waals surface area contributed by atoms with Crippen molar-refractivity contribution in [2.24, 2.45) is 0 Å². The molecule has 8 heteroatoms. The molecule has 1 amide bonds. The van der Waals surface area contributed by atoms with E-state index in [1.165, 1.54) is 6.07 Å². The Morgan fingerprint density at radius 2 is 1.84 bits per heavy atom. The second kappa shape index (κ2) is 8.74. The van der Waals surface area contributed by atoms with Crippen molar-refractivity contribution in [3.05, 3.63) is 70.1 Å². The number of carbonyl (C=O) groups excluding carboxylic acids is 1. The first-order valence-electron chi connectivity index (χ1n) is 10.4. The van der Waals surface area contributed by atoms with Gasteiger partial charge in [-0.05, 0) is 50.1 Å². The van der Waals surface area contributed by atoms with Gasteiger partial charge in [-0.15, -0.1) is 0 Å². The summed E-state index contributed by atoms with van der Waals surface area (Å²) < 4.78 is 14.3. The molecule has 2 aromatic carbocycles. The lowest BCUT2D eigenvalue weighted by Crippen LogP contribution is -2.34. The number of nitrogens with zero attached hydrogens (tertiary/aromatic N) is 3. The van der Waals surface area contributed by atoms with Gasteiger partial charge in [-0.1, -0.05) is 18.2 Å². The number of hydrogen-bond donors (Lipinski definition) is 1. The number of carbonyl (C=O) groups is 1. The summed E-state index contributed by atoms with van der Waals surface area (Å²) in [5, 5.41) is 3.85. The van der Waals surface area contributed by atoms with Crippen molar-refractivity contribution >= 4 is 22.5 Å². The first kappa shape index (κ1) is 21.4. The van der Waals surface area contributed by atoms with E-state index < -0.39 is 6.04 Å². The van der Waals surface area contributed by atoms with Crippen LogP contribution in [-0.4, -0.2) is 40.9 Å². The first-order chi connectivity index (χ1) is 15.4. The maximum absolute atomic E-state index is 13.0. The number of nitrogens with one attached hydrogen (secondary N) is 1. The Bertz CT molecular complexity index is 1360. The predicted molar refractivity (Wildman–Crippen MR) is 123 cm³/mol. The summed E-state index contributed by atoms with van der Waals surface area (Å²) in [5.74, 6) is 1.21. The van der Waals surface area contributed by atoms with Crippen LogP contribution < -0.4 is 20.3 Å². The Balaban J connectivity index is 1.57. The van der Waals surface area contributed by atoms with Gasteiger partial charge in [-0.2, -0.15) is 4.98 Å². The van der Waals surface area contributed by atoms with Gasteiger partial charge in [-0.3, -0.25) is 14.3 Å². The third-order valence-corrected chi connectivity index (χ3v) is 5.60. The molecule has 0 unspecified atom stereocenters. The number of aromatic nitrogens is 3. The molecule has 166 valence electrons. The van der Waals surface area contributed by atoms with Crippen LogP contribution >= 0.6 is 0 Å². The number of hydrogen-bond acceptors (Lipinski definition) is 5. The normalized spacial score (nSPS) is 12.1. The van der Waals surface area contributed by atoms with Crippen LogP contribution in [0, 0.1) is 6.92 Å². The lowest BCUT2D eigenvalue weighted by molar-refractivity contribution is -0.124. The van der Waals surface area contributed by atoms with E-state index in [4.69, 9.17) is 9.47 Å². The van der Waals surface area contributed by atoms with Gasteiger partial charge in [0.1, 0.15) is 6.04 Å². The van der Waals surface area contributed by atoms with Crippen molar-refractivity contribution in [1.82, 2.24) is 19.5 Å². The van der Waals surface area contributed by atoms with Crippen molar-refractivity contribution in [2.75, 3.05) is 20.8 Å². The summed E-state index contributed by atoms with van der Waals surface area (Å²) in [4.78, 5) is 29.2. The molecule has 1 atom stereocenters. The number of rotatable bonds is 7. The van der Waals surface area contributed by atoms with Gasteiger partial charge in [0.15, 0.2) is 17.1 Å². The minimum absolute atomic E-state index is 0.119. The van der Waals surface area contributed by atoms with Crippen LogP contribution in [0.2, 0.25) is 0 Å². The van der Waals surface area contributed by atoms with Gasteiger partial charge >= 0.3 is 0 Å². The van der Waals surface area contributed by atoms with E-state index in [0.717, 1.165) is 22.2 Å². The summed E-state index contributed by atoms with van der Waals surface area (Å²) in [5.41, 5.74) is 2.86. The van der Waals surface area contributed by atoms with Crippen molar-refractivity contribution in [3.63, 3.8) is 0 Å². The van der Waals surface area contributed by atoms with Gasteiger partial charge in [0.05, 0.1) is 19.7 Å². The number of aryl methyl sites for hydroxylation is 1. The third-order valence-electron chi connectivity index (χ3n) is 5.60. The van der Waals surface area contributed by atoms with Gasteiger partial charge in [0.2, 0.25) is 5.91 Å². The van der Waals surface area contributed by atoms with Crippen molar-refractivity contribution in [3.8, 4) is 11.5 Å². The Hall–Kier alpha value is -3.81. The van der Waals surface area contributed by atoms with Crippen molar-refractivity contribution < 1.29 is 14.3 Å². The lowest BCUT2D eigenvalue weighted by Gasteiger charge is -2.18. The monoisotopic (exact) mass is 434 g/mol. The van der Waals surface area contributed by atoms with Gasteiger partial charge in [0, 0.05) is 23.7 Å². The summed E-state index contributed by atoms with van der Waals surface area (Å²) in [6.07, 6.45) is 0.652. The highest BCUT2D eigenvalue weighted by Crippen LogP contribution is 2.28. The molecule has 0 aliphatic carbocycles. The molecule has 2 aromatic heterocycles. The molecular formula is C24H26N4O4. The summed E-state index contributed by atoms with van der Waals surface area (Å²) in [7, 11) is 3.20. The standard InChI is InChI=1S/C24H26N4O4/c1-15-13-22(29)26-23-18-7-5-6-8-19(18)28(27(15)23)16(2)24(30)25-12-11-17-9-10-20(31-3)21(14-17)32-4/h5-10,13-14,16H,11-12H2,1-4H3,(H,25,30)/t16-/m1/s1. The minimum Gasteiger partial charge on any atom is -0.493 e. The molecular weight excluding hydrogens is 408 g/mol. The average molecular weight is 434 g/mol. The zero-order chi connectivity index (χ0) is 22.8.